The fourth-order valence-electron chi connectivity index (χ4n) is 1.04. The summed E-state index contributed by atoms with van der Waals surface area (Å²) in [6.45, 7) is 4.06. The summed E-state index contributed by atoms with van der Waals surface area (Å²) in [5.41, 5.74) is 5.54. The van der Waals surface area contributed by atoms with E-state index in [4.69, 9.17) is 20.3 Å². The zero-order valence-corrected chi connectivity index (χ0v) is 6.91. The van der Waals surface area contributed by atoms with Crippen LogP contribution in [0.2, 0.25) is 0 Å². The van der Waals surface area contributed by atoms with Gasteiger partial charge in [0.25, 0.3) is 0 Å². The number of hydrogen-bond donors (Lipinski definition) is 2. The zero-order valence-electron chi connectivity index (χ0n) is 6.91. The third kappa shape index (κ3) is 2.13. The first-order valence-electron chi connectivity index (χ1n) is 3.73. The maximum Gasteiger partial charge on any atom is 0.163 e. The van der Waals surface area contributed by atoms with Crippen molar-refractivity contribution in [3.63, 3.8) is 0 Å². The van der Waals surface area contributed by atoms with E-state index in [9.17, 15) is 0 Å². The van der Waals surface area contributed by atoms with Gasteiger partial charge in [-0.05, 0) is 13.8 Å². The second-order valence-corrected chi connectivity index (χ2v) is 3.21. The third-order valence-electron chi connectivity index (χ3n) is 1.72. The van der Waals surface area contributed by atoms with E-state index in [1.54, 1.807) is 0 Å². The van der Waals surface area contributed by atoms with Crippen molar-refractivity contribution in [3.05, 3.63) is 0 Å². The lowest BCUT2D eigenvalue weighted by Gasteiger charge is -2.19. The summed E-state index contributed by atoms with van der Waals surface area (Å²) in [5, 5.41) is 8.70. The lowest BCUT2D eigenvalue weighted by molar-refractivity contribution is -0.141. The van der Waals surface area contributed by atoms with Crippen molar-refractivity contribution >= 4 is 0 Å². The molecule has 0 bridgehead atoms. The van der Waals surface area contributed by atoms with Gasteiger partial charge in [-0.2, -0.15) is 0 Å². The molecule has 1 unspecified atom stereocenters. The molecule has 1 saturated heterocycles. The van der Waals surface area contributed by atoms with Gasteiger partial charge < -0.3 is 20.3 Å². The first-order valence-corrected chi connectivity index (χ1v) is 3.73. The van der Waals surface area contributed by atoms with Crippen LogP contribution in [0.15, 0.2) is 0 Å². The number of ether oxygens (including phenoxy) is 2. The maximum atomic E-state index is 8.70. The summed E-state index contributed by atoms with van der Waals surface area (Å²) in [4.78, 5) is 0. The van der Waals surface area contributed by atoms with E-state index < -0.39 is 5.79 Å². The molecule has 0 amide bonds. The van der Waals surface area contributed by atoms with E-state index in [-0.39, 0.29) is 18.8 Å². The van der Waals surface area contributed by atoms with E-state index in [1.165, 1.54) is 0 Å². The fraction of sp³-hybridized carbons (Fsp3) is 1.00. The van der Waals surface area contributed by atoms with Crippen LogP contribution in [-0.2, 0) is 9.47 Å². The van der Waals surface area contributed by atoms with Gasteiger partial charge in [-0.3, -0.25) is 0 Å². The minimum Gasteiger partial charge on any atom is -0.395 e. The van der Waals surface area contributed by atoms with E-state index in [0.29, 0.717) is 6.61 Å². The molecule has 0 aliphatic carbocycles. The van der Waals surface area contributed by atoms with Gasteiger partial charge in [0.2, 0.25) is 0 Å². The number of hydrogen-bond acceptors (Lipinski definition) is 4. The van der Waals surface area contributed by atoms with Crippen LogP contribution >= 0.6 is 0 Å². The largest absolute Gasteiger partial charge is 0.395 e. The smallest absolute Gasteiger partial charge is 0.163 e. The van der Waals surface area contributed by atoms with Gasteiger partial charge in [-0.1, -0.05) is 0 Å². The summed E-state index contributed by atoms with van der Waals surface area (Å²) < 4.78 is 10.7. The Morgan fingerprint density at radius 1 is 1.73 bits per heavy atom. The zero-order chi connectivity index (χ0) is 8.48. The van der Waals surface area contributed by atoms with Gasteiger partial charge in [0.15, 0.2) is 5.79 Å². The molecule has 2 atom stereocenters. The Hall–Kier alpha value is -0.160. The van der Waals surface area contributed by atoms with Crippen molar-refractivity contribution in [2.24, 2.45) is 5.73 Å². The van der Waals surface area contributed by atoms with Crippen LogP contribution in [0.5, 0.6) is 0 Å². The molecule has 4 nitrogen and oxygen atoms in total. The van der Waals surface area contributed by atoms with Crippen LogP contribution in [0.3, 0.4) is 0 Å². The molecule has 0 radical (unpaired) electrons. The monoisotopic (exact) mass is 161 g/mol. The Bertz CT molecular complexity index is 138. The standard InChI is InChI=1S/C7H15NO3/c1-7(2)10-4-6(11-7)5(8)3-9/h5-6,9H,3-4,8H2,1-2H3/t5-,6?/m1/s1. The molecule has 0 saturated carbocycles. The quantitative estimate of drug-likeness (QED) is 0.570. The summed E-state index contributed by atoms with van der Waals surface area (Å²) in [6.07, 6.45) is -0.171. The molecule has 0 aromatic carbocycles. The molecule has 1 fully saturated rings. The Labute approximate surface area is 66.3 Å². The highest BCUT2D eigenvalue weighted by Gasteiger charge is 2.35. The van der Waals surface area contributed by atoms with Gasteiger partial charge in [-0.15, -0.1) is 0 Å². The van der Waals surface area contributed by atoms with Gasteiger partial charge >= 0.3 is 0 Å². The summed E-state index contributed by atoms with van der Waals surface area (Å²) in [5.74, 6) is -0.544. The van der Waals surface area contributed by atoms with E-state index in [0.717, 1.165) is 0 Å². The van der Waals surface area contributed by atoms with E-state index in [1.807, 2.05) is 13.8 Å². The van der Waals surface area contributed by atoms with Crippen molar-refractivity contribution in [2.75, 3.05) is 13.2 Å². The summed E-state index contributed by atoms with van der Waals surface area (Å²) in [6, 6.07) is -0.336. The second kappa shape index (κ2) is 3.06. The SMILES string of the molecule is CC1(C)OCC([C@H](N)CO)O1. The van der Waals surface area contributed by atoms with Crippen molar-refractivity contribution in [1.82, 2.24) is 0 Å². The molecule has 66 valence electrons. The molecule has 1 aliphatic heterocycles. The van der Waals surface area contributed by atoms with Crippen LogP contribution in [0, 0.1) is 0 Å². The van der Waals surface area contributed by atoms with Crippen molar-refractivity contribution in [3.8, 4) is 0 Å². The molecular weight excluding hydrogens is 146 g/mol. The summed E-state index contributed by atoms with van der Waals surface area (Å²) in [7, 11) is 0. The Balaban J connectivity index is 2.41. The molecule has 4 heteroatoms. The molecule has 1 heterocycles. The van der Waals surface area contributed by atoms with Crippen LogP contribution < -0.4 is 5.73 Å². The molecule has 0 aromatic rings. The van der Waals surface area contributed by atoms with E-state index >= 15 is 0 Å². The molecule has 3 N–H and O–H groups in total. The van der Waals surface area contributed by atoms with Crippen LogP contribution in [0.1, 0.15) is 13.8 Å². The number of aliphatic hydroxyl groups is 1. The van der Waals surface area contributed by atoms with Crippen LogP contribution in [0.4, 0.5) is 0 Å². The predicted octanol–water partition coefficient (Wildman–Crippen LogP) is -0.542. The Kier molecular flexibility index (Phi) is 2.49. The molecule has 0 aromatic heterocycles. The minimum absolute atomic E-state index is 0.0654. The Morgan fingerprint density at radius 3 is 2.73 bits per heavy atom. The van der Waals surface area contributed by atoms with Crippen molar-refractivity contribution in [2.45, 2.75) is 31.8 Å². The molecule has 0 spiro atoms. The van der Waals surface area contributed by atoms with E-state index in [2.05, 4.69) is 0 Å². The van der Waals surface area contributed by atoms with Gasteiger partial charge in [0.05, 0.1) is 19.3 Å². The summed E-state index contributed by atoms with van der Waals surface area (Å²) >= 11 is 0. The maximum absolute atomic E-state index is 8.70. The second-order valence-electron chi connectivity index (χ2n) is 3.21. The predicted molar refractivity (Wildman–Crippen MR) is 40.0 cm³/mol. The molecule has 1 rings (SSSR count). The first kappa shape index (κ1) is 8.93. The van der Waals surface area contributed by atoms with Crippen molar-refractivity contribution in [1.29, 1.82) is 0 Å². The van der Waals surface area contributed by atoms with Crippen LogP contribution in [0.25, 0.3) is 0 Å². The molecule has 11 heavy (non-hydrogen) atoms. The van der Waals surface area contributed by atoms with Crippen molar-refractivity contribution < 1.29 is 14.6 Å². The number of aliphatic hydroxyl groups excluding tert-OH is 1. The molecule has 1 aliphatic rings. The average Bonchev–Trinajstić information content (AvgIpc) is 2.29. The normalized spacial score (nSPS) is 32.2. The topological polar surface area (TPSA) is 64.7 Å². The minimum atomic E-state index is -0.544. The highest BCUT2D eigenvalue weighted by Crippen LogP contribution is 2.23. The van der Waals surface area contributed by atoms with Gasteiger partial charge in [-0.25, -0.2) is 0 Å². The number of nitrogens with two attached hydrogens (primary N) is 1. The highest BCUT2D eigenvalue weighted by molar-refractivity contribution is 4.79. The lowest BCUT2D eigenvalue weighted by Crippen LogP contribution is -2.40. The highest BCUT2D eigenvalue weighted by atomic mass is 16.7. The van der Waals surface area contributed by atoms with Gasteiger partial charge in [0, 0.05) is 0 Å². The molecular formula is C7H15NO3. The average molecular weight is 161 g/mol. The number of rotatable bonds is 2. The third-order valence-corrected chi connectivity index (χ3v) is 1.72. The fourth-order valence-corrected chi connectivity index (χ4v) is 1.04. The first-order chi connectivity index (χ1) is 5.05. The Morgan fingerprint density at radius 2 is 2.36 bits per heavy atom. The van der Waals surface area contributed by atoms with Crippen LogP contribution in [-0.4, -0.2) is 36.3 Å². The van der Waals surface area contributed by atoms with Gasteiger partial charge in [0.1, 0.15) is 6.10 Å². The lowest BCUT2D eigenvalue weighted by atomic mass is 10.2.